The van der Waals surface area contributed by atoms with E-state index in [0.29, 0.717) is 13.2 Å². The highest BCUT2D eigenvalue weighted by Crippen LogP contribution is 2.11. The highest BCUT2D eigenvalue weighted by molar-refractivity contribution is 14.0. The van der Waals surface area contributed by atoms with E-state index in [-0.39, 0.29) is 35.4 Å². The molecule has 0 aliphatic rings. The van der Waals surface area contributed by atoms with E-state index in [1.54, 1.807) is 24.3 Å². The number of ether oxygens (including phenoxy) is 1. The predicted molar refractivity (Wildman–Crippen MR) is 121 cm³/mol. The molecule has 7 nitrogen and oxygen atoms in total. The van der Waals surface area contributed by atoms with Crippen molar-refractivity contribution in [1.82, 2.24) is 14.9 Å². The molecule has 0 aliphatic heterocycles. The minimum Gasteiger partial charge on any atom is -0.383 e. The van der Waals surface area contributed by atoms with Crippen molar-refractivity contribution in [3.8, 4) is 0 Å². The first kappa shape index (κ1) is 26.1. The maximum absolute atomic E-state index is 12.1. The number of aliphatic imine (C=N–C) groups is 1. The first-order valence-corrected chi connectivity index (χ1v) is 10.5. The fraction of sp³-hybridized carbons (Fsp3) is 0.611. The van der Waals surface area contributed by atoms with Gasteiger partial charge in [-0.15, -0.1) is 24.0 Å². The van der Waals surface area contributed by atoms with Crippen molar-refractivity contribution < 1.29 is 13.2 Å². The maximum Gasteiger partial charge on any atom is 0.240 e. The number of rotatable bonds is 11. The van der Waals surface area contributed by atoms with Gasteiger partial charge in [0, 0.05) is 33.8 Å². The Morgan fingerprint density at radius 1 is 1.22 bits per heavy atom. The topological polar surface area (TPSA) is 83.0 Å². The minimum absolute atomic E-state index is 0. The molecule has 0 unspecified atom stereocenters. The van der Waals surface area contributed by atoms with Gasteiger partial charge in [0.25, 0.3) is 0 Å². The molecule has 27 heavy (non-hydrogen) atoms. The average molecular weight is 512 g/mol. The molecule has 0 fully saturated rings. The lowest BCUT2D eigenvalue weighted by Crippen LogP contribution is -2.39. The highest BCUT2D eigenvalue weighted by Gasteiger charge is 2.13. The summed E-state index contributed by atoms with van der Waals surface area (Å²) in [6, 6.07) is 6.80. The number of sulfonamides is 1. The lowest BCUT2D eigenvalue weighted by Gasteiger charge is -2.21. The molecule has 0 atom stereocenters. The molecule has 1 aromatic rings. The summed E-state index contributed by atoms with van der Waals surface area (Å²) in [5.74, 6) is 0.860. The van der Waals surface area contributed by atoms with E-state index in [4.69, 9.17) is 4.74 Å². The summed E-state index contributed by atoms with van der Waals surface area (Å²) in [7, 11) is 0.0597. The van der Waals surface area contributed by atoms with Gasteiger partial charge in [-0.05, 0) is 31.0 Å². The number of guanidine groups is 1. The second-order valence-electron chi connectivity index (χ2n) is 5.98. The van der Waals surface area contributed by atoms with E-state index < -0.39 is 10.0 Å². The Labute approximate surface area is 181 Å². The van der Waals surface area contributed by atoms with Gasteiger partial charge in [0.2, 0.25) is 10.0 Å². The third-order valence-electron chi connectivity index (χ3n) is 3.79. The van der Waals surface area contributed by atoms with E-state index in [9.17, 15) is 8.42 Å². The van der Waals surface area contributed by atoms with Crippen LogP contribution >= 0.6 is 24.0 Å². The van der Waals surface area contributed by atoms with Crippen molar-refractivity contribution in [3.63, 3.8) is 0 Å². The largest absolute Gasteiger partial charge is 0.383 e. The summed E-state index contributed by atoms with van der Waals surface area (Å²) >= 11 is 0. The maximum atomic E-state index is 12.1. The van der Waals surface area contributed by atoms with Gasteiger partial charge in [0.05, 0.1) is 18.0 Å². The Hall–Kier alpha value is -0.910. The van der Waals surface area contributed by atoms with Crippen molar-refractivity contribution >= 4 is 40.0 Å². The summed E-state index contributed by atoms with van der Waals surface area (Å²) in [5, 5.41) is 3.28. The van der Waals surface area contributed by atoms with Crippen LogP contribution in [0.25, 0.3) is 0 Å². The van der Waals surface area contributed by atoms with Crippen LogP contribution in [0.5, 0.6) is 0 Å². The lowest BCUT2D eigenvalue weighted by molar-refractivity contribution is 0.204. The predicted octanol–water partition coefficient (Wildman–Crippen LogP) is 2.43. The van der Waals surface area contributed by atoms with E-state index in [0.717, 1.165) is 37.5 Å². The van der Waals surface area contributed by atoms with Gasteiger partial charge in [0.1, 0.15) is 0 Å². The summed E-state index contributed by atoms with van der Waals surface area (Å²) in [6.07, 6.45) is 2.25. The summed E-state index contributed by atoms with van der Waals surface area (Å²) < 4.78 is 31.7. The van der Waals surface area contributed by atoms with Crippen LogP contribution in [0, 0.1) is 0 Å². The van der Waals surface area contributed by atoms with Gasteiger partial charge in [-0.25, -0.2) is 18.1 Å². The zero-order chi connectivity index (χ0) is 19.4. The van der Waals surface area contributed by atoms with Gasteiger partial charge in [-0.1, -0.05) is 25.5 Å². The summed E-state index contributed by atoms with van der Waals surface area (Å²) in [5.41, 5.74) is 0.958. The first-order valence-electron chi connectivity index (χ1n) is 9.01. The third kappa shape index (κ3) is 9.72. The molecule has 1 rings (SSSR count). The molecular weight excluding hydrogens is 479 g/mol. The van der Waals surface area contributed by atoms with E-state index >= 15 is 0 Å². The van der Waals surface area contributed by atoms with Crippen LogP contribution in [0.15, 0.2) is 34.2 Å². The zero-order valence-electron chi connectivity index (χ0n) is 16.7. The molecule has 156 valence electrons. The normalized spacial score (nSPS) is 11.8. The first-order chi connectivity index (χ1) is 12.4. The Kier molecular flexibility index (Phi) is 13.7. The smallest absolute Gasteiger partial charge is 0.240 e. The third-order valence-corrected chi connectivity index (χ3v) is 5.26. The molecule has 0 saturated carbocycles. The SMILES string of the molecule is CCCCN(C)C(=NCc1ccc(S(=O)(=O)NCCOC)cc1)NCC.I. The number of methoxy groups -OCH3 is 1. The van der Waals surface area contributed by atoms with E-state index in [1.807, 2.05) is 14.0 Å². The van der Waals surface area contributed by atoms with Crippen LogP contribution in [0.2, 0.25) is 0 Å². The number of hydrogen-bond acceptors (Lipinski definition) is 4. The molecular formula is C18H33IN4O3S. The van der Waals surface area contributed by atoms with Crippen LogP contribution in [-0.2, 0) is 21.3 Å². The molecule has 0 heterocycles. The van der Waals surface area contributed by atoms with Crippen LogP contribution in [0.3, 0.4) is 0 Å². The van der Waals surface area contributed by atoms with Crippen molar-refractivity contribution in [2.45, 2.75) is 38.1 Å². The number of halogens is 1. The van der Waals surface area contributed by atoms with E-state index in [2.05, 4.69) is 26.9 Å². The average Bonchev–Trinajstić information content (AvgIpc) is 2.63. The van der Waals surface area contributed by atoms with Crippen molar-refractivity contribution in [3.05, 3.63) is 29.8 Å². The van der Waals surface area contributed by atoms with E-state index in [1.165, 1.54) is 7.11 Å². The molecule has 9 heteroatoms. The zero-order valence-corrected chi connectivity index (χ0v) is 19.8. The second kappa shape index (κ2) is 14.1. The van der Waals surface area contributed by atoms with Crippen LogP contribution in [0.1, 0.15) is 32.3 Å². The number of benzene rings is 1. The summed E-state index contributed by atoms with van der Waals surface area (Å²) in [4.78, 5) is 7.00. The Balaban J connectivity index is 0.00000676. The number of nitrogens with one attached hydrogen (secondary N) is 2. The Bertz CT molecular complexity index is 651. The fourth-order valence-electron chi connectivity index (χ4n) is 2.27. The highest BCUT2D eigenvalue weighted by atomic mass is 127. The van der Waals surface area contributed by atoms with Crippen LogP contribution in [-0.4, -0.2) is 59.7 Å². The molecule has 0 bridgehead atoms. The Morgan fingerprint density at radius 3 is 2.44 bits per heavy atom. The number of hydrogen-bond donors (Lipinski definition) is 2. The van der Waals surface area contributed by atoms with Crippen molar-refractivity contribution in [2.24, 2.45) is 4.99 Å². The van der Waals surface area contributed by atoms with Gasteiger partial charge < -0.3 is 15.0 Å². The van der Waals surface area contributed by atoms with Gasteiger partial charge >= 0.3 is 0 Å². The number of unbranched alkanes of at least 4 members (excludes halogenated alkanes) is 1. The second-order valence-corrected chi connectivity index (χ2v) is 7.75. The Morgan fingerprint density at radius 2 is 1.89 bits per heavy atom. The summed E-state index contributed by atoms with van der Waals surface area (Å²) in [6.45, 7) is 7.05. The van der Waals surface area contributed by atoms with Gasteiger partial charge in [0.15, 0.2) is 5.96 Å². The fourth-order valence-corrected chi connectivity index (χ4v) is 3.29. The molecule has 0 spiro atoms. The van der Waals surface area contributed by atoms with Crippen molar-refractivity contribution in [1.29, 1.82) is 0 Å². The molecule has 1 aromatic carbocycles. The molecule has 2 N–H and O–H groups in total. The lowest BCUT2D eigenvalue weighted by atomic mass is 10.2. The minimum atomic E-state index is -3.50. The van der Waals surface area contributed by atoms with Crippen LogP contribution in [0.4, 0.5) is 0 Å². The molecule has 0 amide bonds. The molecule has 0 aromatic heterocycles. The standard InChI is InChI=1S/C18H32N4O3S.HI/c1-5-7-13-22(3)18(19-6-2)20-15-16-8-10-17(11-9-16)26(23,24)21-12-14-25-4;/h8-11,21H,5-7,12-15H2,1-4H3,(H,19,20);1H. The molecule has 0 radical (unpaired) electrons. The molecule has 0 saturated heterocycles. The van der Waals surface area contributed by atoms with Crippen LogP contribution < -0.4 is 10.0 Å². The quantitative estimate of drug-likeness (QED) is 0.206. The van der Waals surface area contributed by atoms with Gasteiger partial charge in [-0.3, -0.25) is 0 Å². The van der Waals surface area contributed by atoms with Crippen molar-refractivity contribution in [2.75, 3.05) is 40.4 Å². The molecule has 0 aliphatic carbocycles. The monoisotopic (exact) mass is 512 g/mol. The number of nitrogens with zero attached hydrogens (tertiary/aromatic N) is 2. The van der Waals surface area contributed by atoms with Gasteiger partial charge in [-0.2, -0.15) is 0 Å².